The molecule has 3 aliphatic rings. The van der Waals surface area contributed by atoms with Crippen LogP contribution in [-0.2, 0) is 15.0 Å². The smallest absolute Gasteiger partial charge is 0.250 e. The Morgan fingerprint density at radius 3 is 2.68 bits per heavy atom. The molecule has 154 valence electrons. The van der Waals surface area contributed by atoms with E-state index in [0.717, 1.165) is 27.2 Å². The number of hydrogen-bond donors (Lipinski definition) is 3. The normalized spacial score (nSPS) is 21.2. The number of nitrogens with zero attached hydrogens (tertiary/aromatic N) is 2. The molecule has 8 heteroatoms. The summed E-state index contributed by atoms with van der Waals surface area (Å²) in [6.07, 6.45) is 0.609. The number of aryl methyl sites for hydroxylation is 1. The maximum Gasteiger partial charge on any atom is 0.250 e. The zero-order valence-corrected chi connectivity index (χ0v) is 18.2. The molecule has 7 nitrogen and oxygen atoms in total. The molecule has 0 fully saturated rings. The van der Waals surface area contributed by atoms with Crippen LogP contribution in [0.5, 0.6) is 0 Å². The number of para-hydroxylation sites is 2. The Balaban J connectivity index is 1.74. The van der Waals surface area contributed by atoms with Gasteiger partial charge in [-0.3, -0.25) is 9.59 Å². The van der Waals surface area contributed by atoms with Gasteiger partial charge in [-0.15, -0.1) is 0 Å². The van der Waals surface area contributed by atoms with Crippen molar-refractivity contribution in [3.8, 4) is 5.69 Å². The molecule has 1 spiro atoms. The van der Waals surface area contributed by atoms with Gasteiger partial charge in [-0.05, 0) is 41.1 Å². The quantitative estimate of drug-likeness (QED) is 0.503. The van der Waals surface area contributed by atoms with Gasteiger partial charge >= 0.3 is 0 Å². The molecule has 3 aromatic rings. The molecule has 0 aliphatic carbocycles. The Morgan fingerprint density at radius 2 is 1.87 bits per heavy atom. The van der Waals surface area contributed by atoms with E-state index in [4.69, 9.17) is 5.10 Å². The summed E-state index contributed by atoms with van der Waals surface area (Å²) in [6, 6.07) is 15.5. The third kappa shape index (κ3) is 2.25. The number of benzene rings is 2. The average molecular weight is 476 g/mol. The summed E-state index contributed by atoms with van der Waals surface area (Å²) in [7, 11) is 0. The SMILES string of the molecule is Cc1nn(-c2ccccc2)c2c1C1(C(=O)Nc3c(Br)cccc31)C1=C(CCNC1=O)N2. The number of carbonyl (C=O) groups excluding carboxylic acids is 2. The van der Waals surface area contributed by atoms with E-state index in [1.54, 1.807) is 0 Å². The largest absolute Gasteiger partial charge is 0.352 e. The molecule has 1 atom stereocenters. The Bertz CT molecular complexity index is 1330. The van der Waals surface area contributed by atoms with E-state index in [1.807, 2.05) is 60.1 Å². The first-order valence-electron chi connectivity index (χ1n) is 10.1. The third-order valence-electron chi connectivity index (χ3n) is 6.27. The number of halogens is 1. The first-order chi connectivity index (χ1) is 15.0. The van der Waals surface area contributed by atoms with Gasteiger partial charge in [0.2, 0.25) is 5.91 Å². The van der Waals surface area contributed by atoms with E-state index in [-0.39, 0.29) is 11.8 Å². The van der Waals surface area contributed by atoms with Crippen molar-refractivity contribution in [2.75, 3.05) is 17.2 Å². The lowest BCUT2D eigenvalue weighted by atomic mass is 9.66. The monoisotopic (exact) mass is 475 g/mol. The summed E-state index contributed by atoms with van der Waals surface area (Å²) in [5.74, 6) is 0.256. The fourth-order valence-corrected chi connectivity index (χ4v) is 5.54. The second kappa shape index (κ2) is 6.31. The Kier molecular flexibility index (Phi) is 3.74. The second-order valence-corrected chi connectivity index (χ2v) is 8.76. The van der Waals surface area contributed by atoms with Gasteiger partial charge in [0.15, 0.2) is 0 Å². The van der Waals surface area contributed by atoms with Crippen LogP contribution in [0.2, 0.25) is 0 Å². The van der Waals surface area contributed by atoms with Crippen LogP contribution in [0.3, 0.4) is 0 Å². The highest BCUT2D eigenvalue weighted by atomic mass is 79.9. The van der Waals surface area contributed by atoms with Gasteiger partial charge in [-0.2, -0.15) is 5.10 Å². The van der Waals surface area contributed by atoms with Crippen LogP contribution in [-0.4, -0.2) is 28.1 Å². The van der Waals surface area contributed by atoms with Gasteiger partial charge in [0.05, 0.1) is 22.6 Å². The lowest BCUT2D eigenvalue weighted by Crippen LogP contribution is -2.50. The first kappa shape index (κ1) is 18.4. The topological polar surface area (TPSA) is 88.1 Å². The number of hydrogen-bond acceptors (Lipinski definition) is 4. The van der Waals surface area contributed by atoms with Crippen LogP contribution >= 0.6 is 15.9 Å². The van der Waals surface area contributed by atoms with Crippen molar-refractivity contribution in [3.63, 3.8) is 0 Å². The number of rotatable bonds is 1. The summed E-state index contributed by atoms with van der Waals surface area (Å²) < 4.78 is 2.60. The van der Waals surface area contributed by atoms with Gasteiger partial charge in [-0.1, -0.05) is 30.3 Å². The van der Waals surface area contributed by atoms with Crippen molar-refractivity contribution >= 4 is 39.2 Å². The van der Waals surface area contributed by atoms with Gasteiger partial charge < -0.3 is 16.0 Å². The maximum absolute atomic E-state index is 13.8. The van der Waals surface area contributed by atoms with Gasteiger partial charge in [0.1, 0.15) is 11.2 Å². The molecule has 0 bridgehead atoms. The molecule has 0 saturated heterocycles. The molecule has 0 saturated carbocycles. The summed E-state index contributed by atoms with van der Waals surface area (Å²) in [4.78, 5) is 27.0. The highest BCUT2D eigenvalue weighted by Crippen LogP contribution is 2.56. The maximum atomic E-state index is 13.8. The second-order valence-electron chi connectivity index (χ2n) is 7.91. The van der Waals surface area contributed by atoms with Crippen molar-refractivity contribution in [1.82, 2.24) is 15.1 Å². The van der Waals surface area contributed by atoms with E-state index in [2.05, 4.69) is 31.9 Å². The minimum Gasteiger partial charge on any atom is -0.352 e. The minimum atomic E-state index is -1.27. The fourth-order valence-electron chi connectivity index (χ4n) is 5.08. The average Bonchev–Trinajstić information content (AvgIpc) is 3.25. The predicted molar refractivity (Wildman–Crippen MR) is 120 cm³/mol. The zero-order chi connectivity index (χ0) is 21.3. The fraction of sp³-hybridized carbons (Fsp3) is 0.174. The van der Waals surface area contributed by atoms with Crippen LogP contribution in [0.25, 0.3) is 5.69 Å². The molecule has 1 aromatic heterocycles. The molecular weight excluding hydrogens is 458 g/mol. The van der Waals surface area contributed by atoms with Crippen molar-refractivity contribution < 1.29 is 9.59 Å². The molecule has 2 aromatic carbocycles. The number of anilines is 2. The molecular formula is C23H18BrN5O2. The Hall–Kier alpha value is -3.39. The summed E-state index contributed by atoms with van der Waals surface area (Å²) in [5, 5.41) is 14.2. The molecule has 6 rings (SSSR count). The molecule has 3 aliphatic heterocycles. The molecule has 31 heavy (non-hydrogen) atoms. The first-order valence-corrected chi connectivity index (χ1v) is 10.9. The third-order valence-corrected chi connectivity index (χ3v) is 6.93. The lowest BCUT2D eigenvalue weighted by Gasteiger charge is -2.38. The summed E-state index contributed by atoms with van der Waals surface area (Å²) in [6.45, 7) is 2.40. The van der Waals surface area contributed by atoms with E-state index >= 15 is 0 Å². The predicted octanol–water partition coefficient (Wildman–Crippen LogP) is 3.38. The molecule has 0 radical (unpaired) electrons. The number of aromatic nitrogens is 2. The van der Waals surface area contributed by atoms with Crippen molar-refractivity contribution in [1.29, 1.82) is 0 Å². The molecule has 3 N–H and O–H groups in total. The number of carbonyl (C=O) groups is 2. The van der Waals surface area contributed by atoms with E-state index in [9.17, 15) is 9.59 Å². The number of nitrogens with one attached hydrogen (secondary N) is 3. The lowest BCUT2D eigenvalue weighted by molar-refractivity contribution is -0.123. The Labute approximate surface area is 186 Å². The van der Waals surface area contributed by atoms with Crippen molar-refractivity contribution in [2.45, 2.75) is 18.8 Å². The van der Waals surface area contributed by atoms with Gasteiger partial charge in [0, 0.05) is 34.3 Å². The number of fused-ring (bicyclic) bond motifs is 5. The van der Waals surface area contributed by atoms with E-state index < -0.39 is 5.41 Å². The summed E-state index contributed by atoms with van der Waals surface area (Å²) in [5.41, 5.74) is 3.68. The van der Waals surface area contributed by atoms with Crippen molar-refractivity contribution in [3.05, 3.63) is 81.1 Å². The van der Waals surface area contributed by atoms with Crippen LogP contribution in [0.1, 0.15) is 23.2 Å². The van der Waals surface area contributed by atoms with Crippen molar-refractivity contribution in [2.24, 2.45) is 0 Å². The van der Waals surface area contributed by atoms with Crippen LogP contribution in [0, 0.1) is 6.92 Å². The van der Waals surface area contributed by atoms with Crippen LogP contribution in [0.4, 0.5) is 11.5 Å². The highest BCUT2D eigenvalue weighted by molar-refractivity contribution is 9.10. The van der Waals surface area contributed by atoms with Crippen LogP contribution in [0.15, 0.2) is 64.3 Å². The van der Waals surface area contributed by atoms with Gasteiger partial charge in [0.25, 0.3) is 5.91 Å². The molecule has 2 amide bonds. The minimum absolute atomic E-state index is 0.228. The summed E-state index contributed by atoms with van der Waals surface area (Å²) >= 11 is 3.56. The van der Waals surface area contributed by atoms with Gasteiger partial charge in [-0.25, -0.2) is 4.68 Å². The Morgan fingerprint density at radius 1 is 1.06 bits per heavy atom. The standard InChI is InChI=1S/C23H18BrN5O2/c1-12-17-20(29(28-12)13-6-3-2-4-7-13)26-16-10-11-25-21(30)18(16)23(17)14-8-5-9-15(24)19(14)27-22(23)31/h2-9,26H,10-11H2,1H3,(H,25,30)(H,27,31). The molecule has 4 heterocycles. The highest BCUT2D eigenvalue weighted by Gasteiger charge is 2.59. The van der Waals surface area contributed by atoms with E-state index in [1.165, 1.54) is 0 Å². The number of amides is 2. The van der Waals surface area contributed by atoms with E-state index in [0.29, 0.717) is 35.5 Å². The zero-order valence-electron chi connectivity index (χ0n) is 16.6. The van der Waals surface area contributed by atoms with Crippen LogP contribution < -0.4 is 16.0 Å². The molecule has 1 unspecified atom stereocenters.